The van der Waals surface area contributed by atoms with Crippen molar-refractivity contribution in [2.45, 2.75) is 38.6 Å². The summed E-state index contributed by atoms with van der Waals surface area (Å²) in [4.78, 5) is 13.7. The molecule has 27 heavy (non-hydrogen) atoms. The zero-order valence-electron chi connectivity index (χ0n) is 17.0. The Morgan fingerprint density at radius 1 is 1.22 bits per heavy atom. The highest BCUT2D eigenvalue weighted by Gasteiger charge is 2.35. The van der Waals surface area contributed by atoms with Crippen LogP contribution in [-0.2, 0) is 19.6 Å². The molecule has 0 saturated carbocycles. The van der Waals surface area contributed by atoms with E-state index in [-0.39, 0.29) is 11.9 Å². The molecule has 1 aromatic rings. The third-order valence-corrected chi connectivity index (χ3v) is 7.38. The predicted octanol–water partition coefficient (Wildman–Crippen LogP) is -0.348. The van der Waals surface area contributed by atoms with Crippen molar-refractivity contribution >= 4 is 15.9 Å². The van der Waals surface area contributed by atoms with Gasteiger partial charge < -0.3 is 15.0 Å². The van der Waals surface area contributed by atoms with Crippen molar-refractivity contribution in [1.82, 2.24) is 9.62 Å². The number of sulfonamides is 1. The standard InChI is InChI=1S/C19H31N3O4S/c1-14-12-15(2)18(16(3)13-14)27(24,25)22-9-7-21(8-10-22)17(4)19(23)20-6-11-26-5/h12-13,17H,6-11H2,1-5H3,(H,20,23)/p+1/t17-/m1/s1. The van der Waals surface area contributed by atoms with Crippen LogP contribution in [0.5, 0.6) is 0 Å². The minimum Gasteiger partial charge on any atom is -0.383 e. The number of piperazine rings is 1. The van der Waals surface area contributed by atoms with Crippen LogP contribution < -0.4 is 10.2 Å². The Bertz CT molecular complexity index is 748. The van der Waals surface area contributed by atoms with E-state index in [0.29, 0.717) is 44.2 Å². The van der Waals surface area contributed by atoms with E-state index in [1.165, 1.54) is 0 Å². The third-order valence-electron chi connectivity index (χ3n) is 5.18. The molecule has 7 nitrogen and oxygen atoms in total. The highest BCUT2D eigenvalue weighted by Crippen LogP contribution is 2.25. The van der Waals surface area contributed by atoms with Gasteiger partial charge in [-0.25, -0.2) is 8.42 Å². The van der Waals surface area contributed by atoms with Crippen LogP contribution in [0, 0.1) is 20.8 Å². The molecule has 1 fully saturated rings. The van der Waals surface area contributed by atoms with Gasteiger partial charge >= 0.3 is 0 Å². The van der Waals surface area contributed by atoms with Gasteiger partial charge in [-0.3, -0.25) is 4.79 Å². The first kappa shape index (κ1) is 21.8. The van der Waals surface area contributed by atoms with E-state index in [1.807, 2.05) is 39.8 Å². The maximum atomic E-state index is 13.1. The molecular weight excluding hydrogens is 366 g/mol. The zero-order chi connectivity index (χ0) is 20.2. The lowest BCUT2D eigenvalue weighted by Crippen LogP contribution is -3.19. The number of benzene rings is 1. The summed E-state index contributed by atoms with van der Waals surface area (Å²) in [5, 5.41) is 2.85. The Morgan fingerprint density at radius 2 is 1.78 bits per heavy atom. The molecule has 152 valence electrons. The van der Waals surface area contributed by atoms with Crippen molar-refractivity contribution in [1.29, 1.82) is 0 Å². The second-order valence-corrected chi connectivity index (χ2v) is 9.17. The number of nitrogens with one attached hydrogen (secondary N) is 2. The minimum absolute atomic E-state index is 0.0245. The van der Waals surface area contributed by atoms with E-state index in [2.05, 4.69) is 5.32 Å². The number of aryl methyl sites for hydroxylation is 3. The summed E-state index contributed by atoms with van der Waals surface area (Å²) < 4.78 is 32.8. The van der Waals surface area contributed by atoms with E-state index in [1.54, 1.807) is 11.4 Å². The molecule has 2 N–H and O–H groups in total. The molecule has 0 radical (unpaired) electrons. The van der Waals surface area contributed by atoms with E-state index in [9.17, 15) is 13.2 Å². The average Bonchev–Trinajstić information content (AvgIpc) is 2.60. The molecule has 1 aliphatic heterocycles. The fourth-order valence-electron chi connectivity index (χ4n) is 3.76. The van der Waals surface area contributed by atoms with Gasteiger partial charge in [-0.1, -0.05) is 17.7 Å². The Morgan fingerprint density at radius 3 is 2.30 bits per heavy atom. The first-order valence-electron chi connectivity index (χ1n) is 9.37. The van der Waals surface area contributed by atoms with Crippen LogP contribution >= 0.6 is 0 Å². The molecule has 1 atom stereocenters. The number of hydrogen-bond donors (Lipinski definition) is 2. The number of rotatable bonds is 7. The normalized spacial score (nSPS) is 17.7. The van der Waals surface area contributed by atoms with Gasteiger partial charge in [0.1, 0.15) is 0 Å². The first-order valence-corrected chi connectivity index (χ1v) is 10.8. The summed E-state index contributed by atoms with van der Waals surface area (Å²) in [5.74, 6) is -0.0245. The third kappa shape index (κ3) is 5.07. The number of ether oxygens (including phenoxy) is 1. The summed E-state index contributed by atoms with van der Waals surface area (Å²) in [6.45, 7) is 10.6. The van der Waals surface area contributed by atoms with Crippen molar-refractivity contribution in [2.75, 3.05) is 46.4 Å². The summed E-state index contributed by atoms with van der Waals surface area (Å²) in [7, 11) is -1.93. The zero-order valence-corrected chi connectivity index (χ0v) is 17.8. The molecular formula is C19H32N3O4S+. The van der Waals surface area contributed by atoms with Gasteiger partial charge in [-0.15, -0.1) is 0 Å². The van der Waals surface area contributed by atoms with Gasteiger partial charge in [0.05, 0.1) is 37.7 Å². The van der Waals surface area contributed by atoms with E-state index in [4.69, 9.17) is 4.74 Å². The summed E-state index contributed by atoms with van der Waals surface area (Å²) in [6, 6.07) is 3.61. The van der Waals surface area contributed by atoms with Crippen molar-refractivity contribution in [3.8, 4) is 0 Å². The first-order chi connectivity index (χ1) is 12.7. The molecule has 0 spiro atoms. The topological polar surface area (TPSA) is 80.2 Å². The molecule has 1 aromatic carbocycles. The number of quaternary nitrogens is 1. The quantitative estimate of drug-likeness (QED) is 0.616. The van der Waals surface area contributed by atoms with Crippen LogP contribution in [0.1, 0.15) is 23.6 Å². The minimum atomic E-state index is -3.52. The van der Waals surface area contributed by atoms with Crippen LogP contribution in [0.15, 0.2) is 17.0 Å². The van der Waals surface area contributed by atoms with Gasteiger partial charge in [0, 0.05) is 13.7 Å². The van der Waals surface area contributed by atoms with E-state index < -0.39 is 10.0 Å². The maximum Gasteiger partial charge on any atom is 0.278 e. The lowest BCUT2D eigenvalue weighted by molar-refractivity contribution is -0.917. The molecule has 1 aliphatic rings. The van der Waals surface area contributed by atoms with Crippen molar-refractivity contribution in [3.63, 3.8) is 0 Å². The molecule has 0 unspecified atom stereocenters. The highest BCUT2D eigenvalue weighted by molar-refractivity contribution is 7.89. The van der Waals surface area contributed by atoms with Crippen molar-refractivity contribution < 1.29 is 22.8 Å². The summed E-state index contributed by atoms with van der Waals surface area (Å²) >= 11 is 0. The van der Waals surface area contributed by atoms with E-state index >= 15 is 0 Å². The van der Waals surface area contributed by atoms with Crippen LogP contribution in [-0.4, -0.2) is 71.1 Å². The molecule has 1 amide bonds. The van der Waals surface area contributed by atoms with Gasteiger partial charge in [-0.05, 0) is 38.8 Å². The van der Waals surface area contributed by atoms with Gasteiger partial charge in [0.25, 0.3) is 5.91 Å². The maximum absolute atomic E-state index is 13.1. The number of nitrogens with zero attached hydrogens (tertiary/aromatic N) is 1. The highest BCUT2D eigenvalue weighted by atomic mass is 32.2. The summed E-state index contributed by atoms with van der Waals surface area (Å²) in [5.41, 5.74) is 2.63. The molecule has 1 saturated heterocycles. The van der Waals surface area contributed by atoms with Gasteiger partial charge in [0.15, 0.2) is 6.04 Å². The van der Waals surface area contributed by atoms with Crippen LogP contribution in [0.25, 0.3) is 0 Å². The fourth-order valence-corrected chi connectivity index (χ4v) is 5.62. The monoisotopic (exact) mass is 398 g/mol. The van der Waals surface area contributed by atoms with Crippen LogP contribution in [0.3, 0.4) is 0 Å². The van der Waals surface area contributed by atoms with E-state index in [0.717, 1.165) is 21.6 Å². The molecule has 1 heterocycles. The lowest BCUT2D eigenvalue weighted by Gasteiger charge is -2.34. The molecule has 0 aliphatic carbocycles. The SMILES string of the molecule is COCCNC(=O)[C@@H](C)[NH+]1CCN(S(=O)(=O)c2c(C)cc(C)cc2C)CC1. The lowest BCUT2D eigenvalue weighted by atomic mass is 10.1. The van der Waals surface area contributed by atoms with Crippen LogP contribution in [0.4, 0.5) is 0 Å². The molecule has 0 bridgehead atoms. The average molecular weight is 399 g/mol. The van der Waals surface area contributed by atoms with Crippen LogP contribution in [0.2, 0.25) is 0 Å². The Labute approximate surface area is 162 Å². The van der Waals surface area contributed by atoms with Crippen molar-refractivity contribution in [3.05, 3.63) is 28.8 Å². The smallest absolute Gasteiger partial charge is 0.278 e. The van der Waals surface area contributed by atoms with Gasteiger partial charge in [-0.2, -0.15) is 4.31 Å². The predicted molar refractivity (Wildman–Crippen MR) is 104 cm³/mol. The number of carbonyl (C=O) groups excluding carboxylic acids is 1. The Hall–Kier alpha value is -1.48. The van der Waals surface area contributed by atoms with Crippen molar-refractivity contribution in [2.24, 2.45) is 0 Å². The number of carbonyl (C=O) groups is 1. The second-order valence-electron chi connectivity index (χ2n) is 7.30. The molecule has 8 heteroatoms. The Balaban J connectivity index is 2.04. The Kier molecular flexibility index (Phi) is 7.39. The molecule has 2 rings (SSSR count). The molecule has 0 aromatic heterocycles. The fraction of sp³-hybridized carbons (Fsp3) is 0.632. The van der Waals surface area contributed by atoms with Gasteiger partial charge in [0.2, 0.25) is 10.0 Å². The number of methoxy groups -OCH3 is 1. The largest absolute Gasteiger partial charge is 0.383 e. The second kappa shape index (κ2) is 9.14. The summed E-state index contributed by atoms with van der Waals surface area (Å²) in [6.07, 6.45) is 0. The number of amides is 1. The number of hydrogen-bond acceptors (Lipinski definition) is 4.